The van der Waals surface area contributed by atoms with E-state index in [1.807, 2.05) is 0 Å². The zero-order valence-corrected chi connectivity index (χ0v) is 18.2. The van der Waals surface area contributed by atoms with E-state index >= 15 is 0 Å². The van der Waals surface area contributed by atoms with Gasteiger partial charge in [-0.05, 0) is 24.6 Å². The zero-order valence-electron chi connectivity index (χ0n) is 16.5. The van der Waals surface area contributed by atoms with Gasteiger partial charge in [0.1, 0.15) is 0 Å². The van der Waals surface area contributed by atoms with Crippen LogP contribution in [0.1, 0.15) is 16.8 Å². The lowest BCUT2D eigenvalue weighted by Gasteiger charge is -2.26. The summed E-state index contributed by atoms with van der Waals surface area (Å²) in [6.07, 6.45) is 0.347. The quantitative estimate of drug-likeness (QED) is 0.521. The Kier molecular flexibility index (Phi) is 6.80. The highest BCUT2D eigenvalue weighted by atomic mass is 32.2. The molecular weight excluding hydrogens is 436 g/mol. The third kappa shape index (κ3) is 5.17. The molecule has 0 N–H and O–H groups in total. The number of likely N-dealkylation sites (N-methyl/N-ethyl adjacent to an activating group) is 1. The molecule has 0 spiro atoms. The van der Waals surface area contributed by atoms with E-state index in [0.717, 1.165) is 0 Å². The summed E-state index contributed by atoms with van der Waals surface area (Å²) in [5.74, 6) is -1.44. The first-order valence-corrected chi connectivity index (χ1v) is 12.7. The number of benzene rings is 1. The molecule has 10 nitrogen and oxygen atoms in total. The fourth-order valence-electron chi connectivity index (χ4n) is 3.32. The fraction of sp³-hybridized carbons (Fsp3) is 0.556. The fourth-order valence-corrected chi connectivity index (χ4v) is 6.55. The highest BCUT2D eigenvalue weighted by Crippen LogP contribution is 2.19. The van der Waals surface area contributed by atoms with Crippen molar-refractivity contribution in [2.45, 2.75) is 17.4 Å². The van der Waals surface area contributed by atoms with E-state index in [2.05, 4.69) is 0 Å². The molecule has 1 aromatic carbocycles. The van der Waals surface area contributed by atoms with Crippen molar-refractivity contribution in [3.63, 3.8) is 0 Å². The van der Waals surface area contributed by atoms with Crippen LogP contribution in [-0.4, -0.2) is 95.4 Å². The van der Waals surface area contributed by atoms with Gasteiger partial charge in [-0.15, -0.1) is 0 Å². The molecule has 0 saturated carbocycles. The molecule has 2 aliphatic rings. The van der Waals surface area contributed by atoms with Crippen molar-refractivity contribution in [2.24, 2.45) is 0 Å². The number of carbonyl (C=O) groups excluding carboxylic acids is 2. The monoisotopic (exact) mass is 460 g/mol. The molecule has 3 rings (SSSR count). The Bertz CT molecular complexity index is 1020. The largest absolute Gasteiger partial charge is 0.452 e. The summed E-state index contributed by atoms with van der Waals surface area (Å²) >= 11 is 0. The molecule has 2 fully saturated rings. The Morgan fingerprint density at radius 2 is 1.97 bits per heavy atom. The minimum Gasteiger partial charge on any atom is -0.452 e. The van der Waals surface area contributed by atoms with E-state index in [1.54, 1.807) is 0 Å². The SMILES string of the molecule is CN(C(=O)COC(=O)c1cccc(S(=O)(=O)N2CCOCC2)c1)[C@@H]1CCS(=O)(=O)C1. The summed E-state index contributed by atoms with van der Waals surface area (Å²) in [5, 5.41) is 0. The normalized spacial score (nSPS) is 21.8. The Hall–Kier alpha value is -2.02. The minimum atomic E-state index is -3.77. The summed E-state index contributed by atoms with van der Waals surface area (Å²) in [5.41, 5.74) is 0.00299. The van der Waals surface area contributed by atoms with Gasteiger partial charge in [-0.2, -0.15) is 4.31 Å². The molecule has 2 heterocycles. The molecule has 166 valence electrons. The van der Waals surface area contributed by atoms with Crippen LogP contribution < -0.4 is 0 Å². The predicted molar refractivity (Wildman–Crippen MR) is 106 cm³/mol. The molecule has 2 saturated heterocycles. The van der Waals surface area contributed by atoms with Crippen LogP contribution in [0.25, 0.3) is 0 Å². The smallest absolute Gasteiger partial charge is 0.338 e. The molecule has 2 aliphatic heterocycles. The Labute approximate surface area is 175 Å². The van der Waals surface area contributed by atoms with E-state index in [4.69, 9.17) is 9.47 Å². The second kappa shape index (κ2) is 9.00. The summed E-state index contributed by atoms with van der Waals surface area (Å²) in [7, 11) is -5.45. The van der Waals surface area contributed by atoms with Gasteiger partial charge in [-0.25, -0.2) is 21.6 Å². The number of amides is 1. The van der Waals surface area contributed by atoms with Crippen LogP contribution in [0.15, 0.2) is 29.2 Å². The van der Waals surface area contributed by atoms with E-state index in [1.165, 1.54) is 40.5 Å². The third-order valence-corrected chi connectivity index (χ3v) is 8.80. The van der Waals surface area contributed by atoms with Crippen molar-refractivity contribution in [3.8, 4) is 0 Å². The van der Waals surface area contributed by atoms with Crippen LogP contribution in [0.3, 0.4) is 0 Å². The molecule has 0 radical (unpaired) electrons. The number of rotatable bonds is 6. The van der Waals surface area contributed by atoms with E-state index < -0.39 is 44.4 Å². The van der Waals surface area contributed by atoms with Crippen molar-refractivity contribution in [2.75, 3.05) is 51.5 Å². The Morgan fingerprint density at radius 3 is 2.60 bits per heavy atom. The van der Waals surface area contributed by atoms with Crippen LogP contribution in [0.4, 0.5) is 0 Å². The second-order valence-electron chi connectivity index (χ2n) is 7.18. The number of sulfonamides is 1. The maximum atomic E-state index is 12.7. The molecule has 0 unspecified atom stereocenters. The molecule has 1 atom stereocenters. The summed E-state index contributed by atoms with van der Waals surface area (Å²) < 4.78 is 60.1. The van der Waals surface area contributed by atoms with E-state index in [-0.39, 0.29) is 35.1 Å². The van der Waals surface area contributed by atoms with Gasteiger partial charge in [0, 0.05) is 26.2 Å². The lowest BCUT2D eigenvalue weighted by Crippen LogP contribution is -2.40. The van der Waals surface area contributed by atoms with Crippen LogP contribution in [0.2, 0.25) is 0 Å². The maximum absolute atomic E-state index is 12.7. The van der Waals surface area contributed by atoms with Crippen molar-refractivity contribution < 1.29 is 35.9 Å². The van der Waals surface area contributed by atoms with E-state index in [9.17, 15) is 26.4 Å². The third-order valence-electron chi connectivity index (χ3n) is 5.15. The average molecular weight is 461 g/mol. The van der Waals surface area contributed by atoms with Crippen molar-refractivity contribution in [3.05, 3.63) is 29.8 Å². The number of ether oxygens (including phenoxy) is 2. The number of morpholine rings is 1. The van der Waals surface area contributed by atoms with Gasteiger partial charge in [-0.1, -0.05) is 6.07 Å². The molecule has 0 bridgehead atoms. The highest BCUT2D eigenvalue weighted by molar-refractivity contribution is 7.91. The van der Waals surface area contributed by atoms with Crippen LogP contribution in [0.5, 0.6) is 0 Å². The summed E-state index contributed by atoms with van der Waals surface area (Å²) in [6, 6.07) is 4.99. The van der Waals surface area contributed by atoms with E-state index in [0.29, 0.717) is 19.6 Å². The predicted octanol–water partition coefficient (Wildman–Crippen LogP) is -0.490. The molecule has 30 heavy (non-hydrogen) atoms. The first kappa shape index (κ1) is 22.7. The van der Waals surface area contributed by atoms with Gasteiger partial charge >= 0.3 is 5.97 Å². The van der Waals surface area contributed by atoms with Gasteiger partial charge in [0.15, 0.2) is 16.4 Å². The van der Waals surface area contributed by atoms with Crippen molar-refractivity contribution in [1.82, 2.24) is 9.21 Å². The molecule has 0 aliphatic carbocycles. The lowest BCUT2D eigenvalue weighted by atomic mass is 10.2. The topological polar surface area (TPSA) is 127 Å². The van der Waals surface area contributed by atoms with Gasteiger partial charge < -0.3 is 14.4 Å². The molecule has 0 aromatic heterocycles. The van der Waals surface area contributed by atoms with Gasteiger partial charge in [0.2, 0.25) is 10.0 Å². The molecular formula is C18H24N2O8S2. The van der Waals surface area contributed by atoms with Crippen molar-refractivity contribution >= 4 is 31.7 Å². The van der Waals surface area contributed by atoms with Gasteiger partial charge in [-0.3, -0.25) is 4.79 Å². The highest BCUT2D eigenvalue weighted by Gasteiger charge is 2.33. The first-order chi connectivity index (χ1) is 14.1. The van der Waals surface area contributed by atoms with Gasteiger partial charge in [0.25, 0.3) is 5.91 Å². The number of hydrogen-bond donors (Lipinski definition) is 0. The number of sulfone groups is 1. The van der Waals surface area contributed by atoms with Gasteiger partial charge in [0.05, 0.1) is 35.2 Å². The molecule has 12 heteroatoms. The number of nitrogens with zero attached hydrogens (tertiary/aromatic N) is 2. The standard InChI is InChI=1S/C18H24N2O8S2/c1-19(15-5-10-29(23,24)13-15)17(21)12-28-18(22)14-3-2-4-16(11-14)30(25,26)20-6-8-27-9-7-20/h2-4,11,15H,5-10,12-13H2,1H3/t15-/m1/s1. The summed E-state index contributed by atoms with van der Waals surface area (Å²) in [6.45, 7) is 0.507. The second-order valence-corrected chi connectivity index (χ2v) is 11.3. The Morgan fingerprint density at radius 1 is 1.27 bits per heavy atom. The molecule has 1 aromatic rings. The summed E-state index contributed by atoms with van der Waals surface area (Å²) in [4.78, 5) is 25.8. The zero-order chi connectivity index (χ0) is 21.9. The van der Waals surface area contributed by atoms with Crippen molar-refractivity contribution in [1.29, 1.82) is 0 Å². The van der Waals surface area contributed by atoms with Crippen LogP contribution >= 0.6 is 0 Å². The average Bonchev–Trinajstić information content (AvgIpc) is 3.11. The Balaban J connectivity index is 1.62. The van der Waals surface area contributed by atoms with Crippen LogP contribution in [-0.2, 0) is 34.1 Å². The number of carbonyl (C=O) groups is 2. The lowest BCUT2D eigenvalue weighted by molar-refractivity contribution is -0.134. The van der Waals surface area contributed by atoms with Crippen LogP contribution in [0, 0.1) is 0 Å². The maximum Gasteiger partial charge on any atom is 0.338 e. The number of esters is 1. The minimum absolute atomic E-state index is 0.00299. The number of hydrogen-bond acceptors (Lipinski definition) is 8. The molecule has 1 amide bonds. The first-order valence-electron chi connectivity index (χ1n) is 9.41.